The third-order valence-electron chi connectivity index (χ3n) is 6.26. The Kier molecular flexibility index (Phi) is 2.30. The zero-order valence-electron chi connectivity index (χ0n) is 11.7. The average Bonchev–Trinajstić information content (AvgIpc) is 2.92. The first-order chi connectivity index (χ1) is 8.51. The molecule has 2 saturated heterocycles. The minimum atomic E-state index is -0.0158. The molecular weight excluding hydrogens is 225 g/mol. The molecule has 3 nitrogen and oxygen atoms in total. The molecule has 5 aliphatic rings. The molecule has 0 aromatic heterocycles. The lowest BCUT2D eigenvalue weighted by atomic mass is 9.45. The van der Waals surface area contributed by atoms with Crippen LogP contribution in [0, 0.1) is 17.3 Å². The molecule has 3 unspecified atom stereocenters. The lowest BCUT2D eigenvalue weighted by molar-refractivity contribution is -0.185. The second-order valence-corrected chi connectivity index (χ2v) is 7.62. The van der Waals surface area contributed by atoms with Gasteiger partial charge in [-0.05, 0) is 56.4 Å². The van der Waals surface area contributed by atoms with Crippen molar-refractivity contribution >= 4 is 7.12 Å². The summed E-state index contributed by atoms with van der Waals surface area (Å²) in [5.74, 6) is 1.96. The molecule has 0 amide bonds. The summed E-state index contributed by atoms with van der Waals surface area (Å²) in [7, 11) is -0.00218. The van der Waals surface area contributed by atoms with Crippen molar-refractivity contribution in [1.82, 2.24) is 5.32 Å². The largest absolute Gasteiger partial charge is 0.475 e. The Hall–Kier alpha value is -0.0551. The van der Waals surface area contributed by atoms with E-state index in [1.807, 2.05) is 0 Å². The van der Waals surface area contributed by atoms with E-state index in [2.05, 4.69) is 26.1 Å². The summed E-state index contributed by atoms with van der Waals surface area (Å²) in [6.45, 7) is 8.22. The van der Waals surface area contributed by atoms with Crippen LogP contribution in [0.2, 0.25) is 0 Å². The maximum Gasteiger partial charge on any atom is 0.475 e. The molecule has 18 heavy (non-hydrogen) atoms. The highest BCUT2D eigenvalue weighted by molar-refractivity contribution is 6.47. The maximum absolute atomic E-state index is 6.35. The topological polar surface area (TPSA) is 30.5 Å². The van der Waals surface area contributed by atoms with Crippen molar-refractivity contribution in [1.29, 1.82) is 0 Å². The third kappa shape index (κ3) is 1.37. The van der Waals surface area contributed by atoms with E-state index in [1.165, 1.54) is 25.7 Å². The summed E-state index contributed by atoms with van der Waals surface area (Å²) < 4.78 is 12.7. The zero-order chi connectivity index (χ0) is 12.5. The quantitative estimate of drug-likeness (QED) is 0.721. The van der Waals surface area contributed by atoms with Crippen molar-refractivity contribution in [3.05, 3.63) is 0 Å². The van der Waals surface area contributed by atoms with Gasteiger partial charge in [0, 0.05) is 5.94 Å². The van der Waals surface area contributed by atoms with E-state index in [4.69, 9.17) is 9.31 Å². The molecular formula is C14H24BNO2. The Morgan fingerprint density at radius 1 is 1.28 bits per heavy atom. The number of rotatable bonds is 1. The predicted molar refractivity (Wildman–Crippen MR) is 71.1 cm³/mol. The van der Waals surface area contributed by atoms with Crippen molar-refractivity contribution in [3.63, 3.8) is 0 Å². The van der Waals surface area contributed by atoms with Gasteiger partial charge in [-0.1, -0.05) is 13.8 Å². The lowest BCUT2D eigenvalue weighted by Crippen LogP contribution is -2.63. The fourth-order valence-electron chi connectivity index (χ4n) is 4.86. The monoisotopic (exact) mass is 249 g/mol. The van der Waals surface area contributed by atoms with Crippen molar-refractivity contribution in [2.45, 2.75) is 64.1 Å². The minimum absolute atomic E-state index is 0.00218. The minimum Gasteiger partial charge on any atom is -0.404 e. The molecule has 3 saturated carbocycles. The van der Waals surface area contributed by atoms with Crippen molar-refractivity contribution in [3.8, 4) is 0 Å². The smallest absolute Gasteiger partial charge is 0.404 e. The molecule has 3 aliphatic carbocycles. The molecule has 2 heterocycles. The van der Waals surface area contributed by atoms with Gasteiger partial charge in [-0.15, -0.1) is 0 Å². The molecule has 0 aromatic carbocycles. The Bertz CT molecular complexity index is 369. The van der Waals surface area contributed by atoms with Gasteiger partial charge in [0.05, 0.1) is 11.7 Å². The molecule has 4 heteroatoms. The third-order valence-corrected chi connectivity index (χ3v) is 6.26. The van der Waals surface area contributed by atoms with Crippen LogP contribution in [0.25, 0.3) is 0 Å². The SMILES string of the molecule is CC1(C)C2CC1C1OB([C@@H]3CCCN3)O[C@@]1(C)C2. The van der Waals surface area contributed by atoms with E-state index in [9.17, 15) is 0 Å². The van der Waals surface area contributed by atoms with Gasteiger partial charge < -0.3 is 14.6 Å². The predicted octanol–water partition coefficient (Wildman–Crippen LogP) is 2.01. The summed E-state index contributed by atoms with van der Waals surface area (Å²) in [5.41, 5.74) is 0.448. The molecule has 2 aliphatic heterocycles. The molecule has 2 bridgehead atoms. The summed E-state index contributed by atoms with van der Waals surface area (Å²) in [6.07, 6.45) is 5.31. The van der Waals surface area contributed by atoms with Gasteiger partial charge in [0.2, 0.25) is 0 Å². The van der Waals surface area contributed by atoms with Gasteiger partial charge in [0.1, 0.15) is 0 Å². The first-order valence-corrected chi connectivity index (χ1v) is 7.57. The Morgan fingerprint density at radius 3 is 2.78 bits per heavy atom. The van der Waals surface area contributed by atoms with E-state index in [0.29, 0.717) is 23.4 Å². The Morgan fingerprint density at radius 2 is 2.11 bits per heavy atom. The fraction of sp³-hybridized carbons (Fsp3) is 1.00. The second kappa shape index (κ2) is 3.53. The molecule has 1 N–H and O–H groups in total. The van der Waals surface area contributed by atoms with Crippen LogP contribution in [-0.4, -0.2) is 31.3 Å². The van der Waals surface area contributed by atoms with E-state index in [0.717, 1.165) is 12.5 Å². The van der Waals surface area contributed by atoms with Crippen LogP contribution >= 0.6 is 0 Å². The van der Waals surface area contributed by atoms with E-state index in [1.54, 1.807) is 0 Å². The molecule has 5 fully saturated rings. The van der Waals surface area contributed by atoms with Gasteiger partial charge in [0.15, 0.2) is 0 Å². The summed E-state index contributed by atoms with van der Waals surface area (Å²) in [4.78, 5) is 0. The first-order valence-electron chi connectivity index (χ1n) is 7.57. The summed E-state index contributed by atoms with van der Waals surface area (Å²) in [6, 6.07) is 0. The zero-order valence-corrected chi connectivity index (χ0v) is 11.7. The highest BCUT2D eigenvalue weighted by atomic mass is 16.7. The lowest BCUT2D eigenvalue weighted by Gasteiger charge is -2.63. The average molecular weight is 249 g/mol. The molecule has 0 spiro atoms. The Balaban J connectivity index is 1.56. The van der Waals surface area contributed by atoms with Gasteiger partial charge in [-0.3, -0.25) is 0 Å². The van der Waals surface area contributed by atoms with Crippen LogP contribution in [0.4, 0.5) is 0 Å². The van der Waals surface area contributed by atoms with Gasteiger partial charge >= 0.3 is 7.12 Å². The highest BCUT2D eigenvalue weighted by Gasteiger charge is 2.67. The second-order valence-electron chi connectivity index (χ2n) is 7.62. The van der Waals surface area contributed by atoms with E-state index < -0.39 is 0 Å². The van der Waals surface area contributed by atoms with E-state index in [-0.39, 0.29) is 12.7 Å². The van der Waals surface area contributed by atoms with Crippen LogP contribution in [0.15, 0.2) is 0 Å². The van der Waals surface area contributed by atoms with Crippen LogP contribution in [-0.2, 0) is 9.31 Å². The summed E-state index contributed by atoms with van der Waals surface area (Å²) >= 11 is 0. The molecule has 5 atom stereocenters. The first kappa shape index (κ1) is 11.7. The number of nitrogens with one attached hydrogen (secondary N) is 1. The van der Waals surface area contributed by atoms with Gasteiger partial charge in [-0.2, -0.15) is 0 Å². The van der Waals surface area contributed by atoms with Crippen molar-refractivity contribution < 1.29 is 9.31 Å². The van der Waals surface area contributed by atoms with Crippen LogP contribution in [0.3, 0.4) is 0 Å². The number of hydrogen-bond acceptors (Lipinski definition) is 3. The summed E-state index contributed by atoms with van der Waals surface area (Å²) in [5, 5.41) is 3.52. The molecule has 100 valence electrons. The molecule has 0 aromatic rings. The maximum atomic E-state index is 6.35. The molecule has 0 radical (unpaired) electrons. The highest BCUT2D eigenvalue weighted by Crippen LogP contribution is 2.64. The molecule has 5 rings (SSSR count). The standard InChI is InChI=1S/C14H24BNO2/c1-13(2)9-7-10(13)12-14(3,8-9)18-15(17-12)11-5-4-6-16-11/h9-12,16H,4-8H2,1-3H3/t9?,10?,11-,12?,14-/m0/s1. The van der Waals surface area contributed by atoms with Crippen LogP contribution < -0.4 is 5.32 Å². The van der Waals surface area contributed by atoms with Crippen molar-refractivity contribution in [2.24, 2.45) is 17.3 Å². The van der Waals surface area contributed by atoms with Crippen molar-refractivity contribution in [2.75, 3.05) is 6.54 Å². The Labute approximate surface area is 110 Å². The van der Waals surface area contributed by atoms with E-state index >= 15 is 0 Å². The van der Waals surface area contributed by atoms with Crippen LogP contribution in [0.1, 0.15) is 46.5 Å². The van der Waals surface area contributed by atoms with Gasteiger partial charge in [-0.25, -0.2) is 0 Å². The normalized spacial score (nSPS) is 53.2. The number of hydrogen-bond donors (Lipinski definition) is 1. The van der Waals surface area contributed by atoms with Gasteiger partial charge in [0.25, 0.3) is 0 Å². The fourth-order valence-corrected chi connectivity index (χ4v) is 4.86. The van der Waals surface area contributed by atoms with Crippen LogP contribution in [0.5, 0.6) is 0 Å².